The Morgan fingerprint density at radius 1 is 1.14 bits per heavy atom. The number of hydrogen-bond acceptors (Lipinski definition) is 6. The number of anilines is 2. The van der Waals surface area contributed by atoms with Crippen LogP contribution in [0.4, 0.5) is 16.3 Å². The minimum atomic E-state index is -0.319. The Balaban J connectivity index is 1.42. The predicted molar refractivity (Wildman–Crippen MR) is 141 cm³/mol. The van der Waals surface area contributed by atoms with Crippen molar-refractivity contribution in [2.24, 2.45) is 5.92 Å². The predicted octanol–water partition coefficient (Wildman–Crippen LogP) is 4.93. The third kappa shape index (κ3) is 4.99. The Kier molecular flexibility index (Phi) is 6.56. The summed E-state index contributed by atoms with van der Waals surface area (Å²) in [5.74, 6) is 1.43. The molecule has 2 aliphatic heterocycles. The fourth-order valence-electron chi connectivity index (χ4n) is 5.47. The van der Waals surface area contributed by atoms with Crippen LogP contribution >= 0.6 is 0 Å². The number of nitriles is 2. The maximum atomic E-state index is 13.3. The second-order valence-electron chi connectivity index (χ2n) is 11.3. The first-order chi connectivity index (χ1) is 17.7. The van der Waals surface area contributed by atoms with Crippen molar-refractivity contribution in [3.05, 3.63) is 52.2 Å². The second kappa shape index (κ2) is 9.68. The summed E-state index contributed by atoms with van der Waals surface area (Å²) in [6.07, 6.45) is 2.96. The minimum absolute atomic E-state index is 0.0411. The molecule has 2 amide bonds. The van der Waals surface area contributed by atoms with Crippen LogP contribution in [-0.4, -0.2) is 47.2 Å². The number of nitrogens with one attached hydrogen (secondary N) is 1. The highest BCUT2D eigenvalue weighted by Gasteiger charge is 2.39. The molecule has 1 aliphatic carbocycles. The minimum Gasteiger partial charge on any atom is -0.370 e. The van der Waals surface area contributed by atoms with Gasteiger partial charge in [-0.05, 0) is 62.4 Å². The lowest BCUT2D eigenvalue weighted by molar-refractivity contribution is -0.0407. The van der Waals surface area contributed by atoms with E-state index in [2.05, 4.69) is 50.1 Å². The first-order valence-electron chi connectivity index (χ1n) is 13.1. The van der Waals surface area contributed by atoms with Gasteiger partial charge in [0, 0.05) is 43.2 Å². The third-order valence-corrected chi connectivity index (χ3v) is 7.72. The molecule has 8 heteroatoms. The van der Waals surface area contributed by atoms with E-state index in [0.717, 1.165) is 35.5 Å². The first kappa shape index (κ1) is 25.0. The van der Waals surface area contributed by atoms with Gasteiger partial charge in [-0.15, -0.1) is 0 Å². The number of piperazine rings is 1. The highest BCUT2D eigenvalue weighted by molar-refractivity contribution is 5.90. The van der Waals surface area contributed by atoms with Crippen LogP contribution in [-0.2, 0) is 17.8 Å². The van der Waals surface area contributed by atoms with Crippen molar-refractivity contribution in [1.82, 2.24) is 9.88 Å². The van der Waals surface area contributed by atoms with Gasteiger partial charge in [0.25, 0.3) is 0 Å². The van der Waals surface area contributed by atoms with Crippen molar-refractivity contribution in [2.45, 2.75) is 71.1 Å². The molecule has 0 radical (unpaired) electrons. The molecule has 0 bridgehead atoms. The van der Waals surface area contributed by atoms with Gasteiger partial charge in [-0.1, -0.05) is 13.8 Å². The lowest BCUT2D eigenvalue weighted by Gasteiger charge is -2.44. The molecule has 8 nitrogen and oxygen atoms in total. The molecule has 1 aromatic heterocycles. The van der Waals surface area contributed by atoms with E-state index >= 15 is 0 Å². The number of urea groups is 1. The number of ether oxygens (including phenoxy) is 1. The zero-order chi connectivity index (χ0) is 26.3. The Morgan fingerprint density at radius 3 is 2.49 bits per heavy atom. The maximum Gasteiger partial charge on any atom is 0.322 e. The second-order valence-corrected chi connectivity index (χ2v) is 11.3. The van der Waals surface area contributed by atoms with Crippen LogP contribution in [0.15, 0.2) is 24.3 Å². The molecule has 2 aromatic rings. The molecule has 2 fully saturated rings. The average Bonchev–Trinajstić information content (AvgIpc) is 3.72. The largest absolute Gasteiger partial charge is 0.370 e. The molecule has 192 valence electrons. The number of carbonyl (C=O) groups excluding carboxylic acids is 1. The van der Waals surface area contributed by atoms with E-state index < -0.39 is 0 Å². The molecule has 1 aromatic carbocycles. The number of pyridine rings is 1. The van der Waals surface area contributed by atoms with Gasteiger partial charge in [-0.25, -0.2) is 9.78 Å². The van der Waals surface area contributed by atoms with E-state index in [1.54, 1.807) is 24.3 Å². The topological polar surface area (TPSA) is 105 Å². The molecule has 1 N–H and O–H groups in total. The van der Waals surface area contributed by atoms with E-state index in [1.165, 1.54) is 0 Å². The zero-order valence-electron chi connectivity index (χ0n) is 22.0. The van der Waals surface area contributed by atoms with Gasteiger partial charge in [0.15, 0.2) is 0 Å². The fraction of sp³-hybridized carbons (Fsp3) is 0.517. The average molecular weight is 499 g/mol. The van der Waals surface area contributed by atoms with E-state index in [-0.39, 0.29) is 23.6 Å². The standard InChI is InChI=1S/C29H34N6O2/c1-18(2)25-16-34(11-12-35(25)28(36)32-21-9-5-19(14-30)6-10-21)27-23(15-31)22-13-29(3,4)37-17-24(22)26(33-27)20-7-8-20/h5-6,9-10,18,20,25H,7-8,11-13,16-17H2,1-4H3,(H,32,36). The van der Waals surface area contributed by atoms with E-state index in [0.29, 0.717) is 55.4 Å². The van der Waals surface area contributed by atoms with Gasteiger partial charge in [-0.3, -0.25) is 0 Å². The van der Waals surface area contributed by atoms with Crippen LogP contribution in [0.25, 0.3) is 0 Å². The quantitative estimate of drug-likeness (QED) is 0.641. The summed E-state index contributed by atoms with van der Waals surface area (Å²) in [5, 5.41) is 22.3. The van der Waals surface area contributed by atoms with Crippen LogP contribution in [0.5, 0.6) is 0 Å². The number of hydrogen-bond donors (Lipinski definition) is 1. The summed E-state index contributed by atoms with van der Waals surface area (Å²) < 4.78 is 6.12. The molecule has 5 rings (SSSR count). The van der Waals surface area contributed by atoms with Gasteiger partial charge in [-0.2, -0.15) is 10.5 Å². The number of carbonyl (C=O) groups is 1. The Labute approximate surface area is 218 Å². The fourth-order valence-corrected chi connectivity index (χ4v) is 5.47. The monoisotopic (exact) mass is 498 g/mol. The van der Waals surface area contributed by atoms with Gasteiger partial charge in [0.1, 0.15) is 11.9 Å². The van der Waals surface area contributed by atoms with Crippen molar-refractivity contribution >= 4 is 17.5 Å². The molecule has 3 heterocycles. The van der Waals surface area contributed by atoms with Crippen molar-refractivity contribution in [3.63, 3.8) is 0 Å². The lowest BCUT2D eigenvalue weighted by atomic mass is 9.87. The molecular weight excluding hydrogens is 464 g/mol. The van der Waals surface area contributed by atoms with Gasteiger partial charge < -0.3 is 19.9 Å². The maximum absolute atomic E-state index is 13.3. The summed E-state index contributed by atoms with van der Waals surface area (Å²) >= 11 is 0. The molecule has 3 aliphatic rings. The Bertz CT molecular complexity index is 1280. The van der Waals surface area contributed by atoms with Crippen molar-refractivity contribution in [2.75, 3.05) is 29.9 Å². The summed E-state index contributed by atoms with van der Waals surface area (Å²) in [6, 6.07) is 11.3. The van der Waals surface area contributed by atoms with Crippen LogP contribution in [0.2, 0.25) is 0 Å². The number of rotatable bonds is 4. The third-order valence-electron chi connectivity index (χ3n) is 7.72. The van der Waals surface area contributed by atoms with Gasteiger partial charge in [0.2, 0.25) is 0 Å². The molecule has 1 saturated carbocycles. The summed E-state index contributed by atoms with van der Waals surface area (Å²) in [4.78, 5) is 22.5. The number of aromatic nitrogens is 1. The van der Waals surface area contributed by atoms with Crippen LogP contribution in [0, 0.1) is 28.6 Å². The molecular formula is C29H34N6O2. The highest BCUT2D eigenvalue weighted by Crippen LogP contribution is 2.46. The van der Waals surface area contributed by atoms with E-state index in [4.69, 9.17) is 15.0 Å². The molecule has 1 saturated heterocycles. The van der Waals surface area contributed by atoms with E-state index in [1.807, 2.05) is 4.90 Å². The number of fused-ring (bicyclic) bond motifs is 1. The van der Waals surface area contributed by atoms with Gasteiger partial charge >= 0.3 is 6.03 Å². The summed E-state index contributed by atoms with van der Waals surface area (Å²) in [5.41, 5.74) is 4.86. The molecule has 1 unspecified atom stereocenters. The van der Waals surface area contributed by atoms with E-state index in [9.17, 15) is 10.1 Å². The van der Waals surface area contributed by atoms with Crippen LogP contribution < -0.4 is 10.2 Å². The van der Waals surface area contributed by atoms with Crippen molar-refractivity contribution < 1.29 is 9.53 Å². The molecule has 1 atom stereocenters. The molecule has 0 spiro atoms. The zero-order valence-corrected chi connectivity index (χ0v) is 22.0. The van der Waals surface area contributed by atoms with Crippen LogP contribution in [0.1, 0.15) is 74.4 Å². The smallest absolute Gasteiger partial charge is 0.322 e. The molecule has 37 heavy (non-hydrogen) atoms. The normalized spacial score (nSPS) is 20.7. The van der Waals surface area contributed by atoms with Crippen molar-refractivity contribution in [3.8, 4) is 12.1 Å². The first-order valence-corrected chi connectivity index (χ1v) is 13.1. The number of benzene rings is 1. The lowest BCUT2D eigenvalue weighted by Crippen LogP contribution is -2.58. The number of amides is 2. The number of nitrogens with zero attached hydrogens (tertiary/aromatic N) is 5. The Hall–Kier alpha value is -3.62. The van der Waals surface area contributed by atoms with Crippen molar-refractivity contribution in [1.29, 1.82) is 10.5 Å². The van der Waals surface area contributed by atoms with Crippen LogP contribution in [0.3, 0.4) is 0 Å². The summed E-state index contributed by atoms with van der Waals surface area (Å²) in [6.45, 7) is 10.7. The highest BCUT2D eigenvalue weighted by atomic mass is 16.5. The SMILES string of the molecule is CC(C)C1CN(c2nc(C3CC3)c3c(c2C#N)CC(C)(C)OC3)CCN1C(=O)Nc1ccc(C#N)cc1. The van der Waals surface area contributed by atoms with Gasteiger partial charge in [0.05, 0.1) is 41.1 Å². The summed E-state index contributed by atoms with van der Waals surface area (Å²) in [7, 11) is 0. The Morgan fingerprint density at radius 2 is 1.86 bits per heavy atom.